The quantitative estimate of drug-likeness (QED) is 0.143. The molecule has 2 aromatic heterocycles. The first-order valence-corrected chi connectivity index (χ1v) is 18.2. The molecule has 0 atom stereocenters. The predicted octanol–water partition coefficient (Wildman–Crippen LogP) is 15.1. The normalized spacial score (nSPS) is 17.9. The van der Waals surface area contributed by atoms with Crippen LogP contribution in [-0.2, 0) is 0 Å². The van der Waals surface area contributed by atoms with Gasteiger partial charge in [-0.15, -0.1) is 0 Å². The molecule has 4 heteroatoms. The third-order valence-corrected chi connectivity index (χ3v) is 9.23. The van der Waals surface area contributed by atoms with Crippen LogP contribution >= 0.6 is 0 Å². The summed E-state index contributed by atoms with van der Waals surface area (Å²) in [5.74, 6) is -0.821. The van der Waals surface area contributed by atoms with Gasteiger partial charge in [-0.1, -0.05) is 169 Å². The fourth-order valence-corrected chi connectivity index (χ4v) is 6.53. The Morgan fingerprint density at radius 1 is 0.361 bits per heavy atom. The van der Waals surface area contributed by atoms with Crippen LogP contribution < -0.4 is 4.90 Å². The standard InChI is InChI=1S/C57H38N4/c1-5-16-40(17-6-1)53-38-54(41-18-7-2-8-19-41)60-57(59-53)45-31-34-49-43(37-45)30-35-51-55(49)50-26-13-14-27-52(50)58-56(51)44-21-15-20-42(36-44)39-28-32-48(33-29-39)61(46-22-9-3-10-23-46)47-24-11-4-12-25-47/h1-38H/i1D,2D,5D,6D,9D,13D,14D,15D,16D,17D,18D,19D,20D,21D,22D,24D,26D,27D,28D,29D,30D,31D,32D,33D,34D,35D,36D,37D,38D. The van der Waals surface area contributed by atoms with Crippen molar-refractivity contribution in [2.24, 2.45) is 0 Å². The molecule has 0 spiro atoms. The fourth-order valence-electron chi connectivity index (χ4n) is 6.53. The molecule has 0 aliphatic heterocycles. The highest BCUT2D eigenvalue weighted by atomic mass is 15.1. The smallest absolute Gasteiger partial charge is 0.160 e. The molecule has 9 aromatic carbocycles. The summed E-state index contributed by atoms with van der Waals surface area (Å²) in [5, 5.41) is -3.28. The molecule has 0 N–H and O–H groups in total. The highest BCUT2D eigenvalue weighted by Gasteiger charge is 2.17. The predicted molar refractivity (Wildman–Crippen MR) is 254 cm³/mol. The summed E-state index contributed by atoms with van der Waals surface area (Å²) in [6.45, 7) is 0. The van der Waals surface area contributed by atoms with Gasteiger partial charge in [0.2, 0.25) is 0 Å². The van der Waals surface area contributed by atoms with Gasteiger partial charge in [-0.2, -0.15) is 0 Å². The number of fused-ring (bicyclic) bond motifs is 5. The van der Waals surface area contributed by atoms with Gasteiger partial charge in [-0.3, -0.25) is 0 Å². The van der Waals surface area contributed by atoms with E-state index in [0.717, 1.165) is 17.0 Å². The van der Waals surface area contributed by atoms with Gasteiger partial charge >= 0.3 is 0 Å². The minimum atomic E-state index is -1.05. The summed E-state index contributed by atoms with van der Waals surface area (Å²) in [4.78, 5) is 14.4. The van der Waals surface area contributed by atoms with Crippen molar-refractivity contribution in [3.63, 3.8) is 0 Å². The van der Waals surface area contributed by atoms with Crippen LogP contribution in [0.15, 0.2) is 230 Å². The van der Waals surface area contributed by atoms with E-state index >= 15 is 0 Å². The number of benzene rings is 9. The maximum atomic E-state index is 9.87. The van der Waals surface area contributed by atoms with E-state index in [4.69, 9.17) is 19.2 Å². The van der Waals surface area contributed by atoms with Crippen molar-refractivity contribution in [1.29, 1.82) is 0 Å². The lowest BCUT2D eigenvalue weighted by molar-refractivity contribution is 1.18. The largest absolute Gasteiger partial charge is 0.311 e. The Morgan fingerprint density at radius 3 is 1.92 bits per heavy atom. The Morgan fingerprint density at radius 2 is 1.07 bits per heavy atom. The zero-order valence-electron chi connectivity index (χ0n) is 60.0. The van der Waals surface area contributed by atoms with Gasteiger partial charge in [-0.05, 0) is 82.4 Å². The SMILES string of the molecule is [2H]c1cc([2H])c(-c2nc(-c3c([2H])c([2H])c4c(c3[2H])c([2H])c([2H])c3c(-c5c([2H])c([2H])c([2H])c(-c6c([2H])c([2H])c(N(c7ccccc7[2H])c7cccc([2H])c7[2H])c([2H])c6[2H])c5[2H])nc5c([2H])c([2H])c([2H])c([2H])c5c34)nc(-c3c([2H])c([2H])c([2H])c([2H])c3[2H])c2[2H])c([2H])c1. The van der Waals surface area contributed by atoms with E-state index in [9.17, 15) is 20.6 Å². The van der Waals surface area contributed by atoms with Crippen molar-refractivity contribution in [2.45, 2.75) is 0 Å². The number of para-hydroxylation sites is 3. The number of aromatic nitrogens is 3. The van der Waals surface area contributed by atoms with E-state index in [2.05, 4.69) is 15.0 Å². The molecule has 0 saturated carbocycles. The molecule has 11 rings (SSSR count). The second-order valence-corrected chi connectivity index (χ2v) is 12.9. The lowest BCUT2D eigenvalue weighted by Gasteiger charge is -2.25. The lowest BCUT2D eigenvalue weighted by atomic mass is 9.93. The topological polar surface area (TPSA) is 41.9 Å². The molecular weight excluding hydrogens is 741 g/mol. The first-order valence-electron chi connectivity index (χ1n) is 32.7. The van der Waals surface area contributed by atoms with E-state index in [0.29, 0.717) is 0 Å². The monoisotopic (exact) mass is 807 g/mol. The highest BCUT2D eigenvalue weighted by molar-refractivity contribution is 6.22. The van der Waals surface area contributed by atoms with Crippen molar-refractivity contribution in [1.82, 2.24) is 15.0 Å². The van der Waals surface area contributed by atoms with E-state index in [1.807, 2.05) is 0 Å². The van der Waals surface area contributed by atoms with Crippen molar-refractivity contribution in [3.8, 4) is 56.3 Å². The van der Waals surface area contributed by atoms with E-state index in [1.54, 1.807) is 0 Å². The van der Waals surface area contributed by atoms with Crippen molar-refractivity contribution < 1.29 is 39.8 Å². The number of pyridine rings is 1. The Labute approximate surface area is 395 Å². The van der Waals surface area contributed by atoms with Gasteiger partial charge in [-0.25, -0.2) is 15.0 Å². The van der Waals surface area contributed by atoms with Gasteiger partial charge in [0, 0.05) is 55.5 Å². The summed E-state index contributed by atoms with van der Waals surface area (Å²) >= 11 is 0. The molecule has 4 nitrogen and oxygen atoms in total. The summed E-state index contributed by atoms with van der Waals surface area (Å²) in [6.07, 6.45) is 0. The minimum absolute atomic E-state index is 0.0468. The Balaban J connectivity index is 1.26. The first-order chi connectivity index (χ1) is 42.3. The van der Waals surface area contributed by atoms with Gasteiger partial charge < -0.3 is 4.90 Å². The minimum Gasteiger partial charge on any atom is -0.311 e. The third kappa shape index (κ3) is 6.86. The molecule has 0 saturated heterocycles. The number of rotatable bonds is 8. The summed E-state index contributed by atoms with van der Waals surface area (Å²) < 4.78 is 264. The molecule has 61 heavy (non-hydrogen) atoms. The average molecular weight is 808 g/mol. The molecule has 11 aromatic rings. The first kappa shape index (κ1) is 16.8. The molecule has 286 valence electrons. The Bertz CT molecular complexity index is 5010. The van der Waals surface area contributed by atoms with Crippen LogP contribution in [0.25, 0.3) is 88.7 Å². The van der Waals surface area contributed by atoms with E-state index in [-0.39, 0.29) is 29.5 Å². The maximum absolute atomic E-state index is 9.87. The van der Waals surface area contributed by atoms with Crippen molar-refractivity contribution in [2.75, 3.05) is 4.90 Å². The maximum Gasteiger partial charge on any atom is 0.160 e. The highest BCUT2D eigenvalue weighted by Crippen LogP contribution is 2.40. The van der Waals surface area contributed by atoms with Crippen LogP contribution in [0.5, 0.6) is 0 Å². The Hall–Kier alpha value is -8.21. The summed E-state index contributed by atoms with van der Waals surface area (Å²) in [5.41, 5.74) is -8.05. The second kappa shape index (κ2) is 15.5. The van der Waals surface area contributed by atoms with Crippen LogP contribution in [0.1, 0.15) is 39.8 Å². The number of hydrogen-bond acceptors (Lipinski definition) is 4. The number of nitrogens with zero attached hydrogens (tertiary/aromatic N) is 4. The second-order valence-electron chi connectivity index (χ2n) is 12.9. The molecular formula is C57H38N4. The molecule has 0 unspecified atom stereocenters. The number of hydrogen-bond donors (Lipinski definition) is 0. The van der Waals surface area contributed by atoms with Crippen molar-refractivity contribution >= 4 is 49.5 Å². The molecule has 0 amide bonds. The zero-order valence-corrected chi connectivity index (χ0v) is 31.0. The summed E-state index contributed by atoms with van der Waals surface area (Å²) in [6, 6.07) is -12.1. The molecule has 0 fully saturated rings. The van der Waals surface area contributed by atoms with Crippen LogP contribution in [-0.4, -0.2) is 15.0 Å². The molecule has 0 bridgehead atoms. The molecule has 2 heterocycles. The van der Waals surface area contributed by atoms with Gasteiger partial charge in [0.25, 0.3) is 0 Å². The average Bonchev–Trinajstić information content (AvgIpc) is 0.697. The van der Waals surface area contributed by atoms with E-state index < -0.39 is 252 Å². The zero-order chi connectivity index (χ0) is 65.8. The van der Waals surface area contributed by atoms with Crippen LogP contribution in [0.4, 0.5) is 17.1 Å². The van der Waals surface area contributed by atoms with Crippen LogP contribution in [0.3, 0.4) is 0 Å². The van der Waals surface area contributed by atoms with E-state index in [1.165, 1.54) is 42.5 Å². The Kier molecular flexibility index (Phi) is 4.27. The van der Waals surface area contributed by atoms with Gasteiger partial charge in [0.05, 0.1) is 62.4 Å². The lowest BCUT2D eigenvalue weighted by Crippen LogP contribution is -2.09. The van der Waals surface area contributed by atoms with Gasteiger partial charge in [0.15, 0.2) is 5.82 Å². The van der Waals surface area contributed by atoms with Crippen LogP contribution in [0, 0.1) is 0 Å². The third-order valence-electron chi connectivity index (χ3n) is 9.23. The van der Waals surface area contributed by atoms with Crippen molar-refractivity contribution in [3.05, 3.63) is 230 Å². The fraction of sp³-hybridized carbons (Fsp3) is 0. The number of anilines is 3. The summed E-state index contributed by atoms with van der Waals surface area (Å²) in [7, 11) is 0. The molecule has 0 aliphatic carbocycles. The molecule has 0 radical (unpaired) electrons. The van der Waals surface area contributed by atoms with Crippen LogP contribution in [0.2, 0.25) is 0 Å². The van der Waals surface area contributed by atoms with Gasteiger partial charge in [0.1, 0.15) is 0 Å². The molecule has 0 aliphatic rings.